The molecule has 0 aromatic heterocycles. The van der Waals surface area contributed by atoms with Crippen LogP contribution in [0, 0.1) is 5.92 Å². The van der Waals surface area contributed by atoms with Crippen molar-refractivity contribution in [2.75, 3.05) is 6.61 Å². The second-order valence-electron chi connectivity index (χ2n) is 2.81. The van der Waals surface area contributed by atoms with Crippen LogP contribution in [0.25, 0.3) is 0 Å². The number of rotatable bonds is 1. The van der Waals surface area contributed by atoms with Crippen LogP contribution in [-0.2, 0) is 9.78 Å². The Morgan fingerprint density at radius 3 is 2.56 bits per heavy atom. The lowest BCUT2D eigenvalue weighted by Gasteiger charge is -2.18. The van der Waals surface area contributed by atoms with Gasteiger partial charge in [0.1, 0.15) is 5.60 Å². The SMILES string of the molecule is C=CC1COOC1(C)C. The zero-order valence-corrected chi connectivity index (χ0v) is 5.89. The molecule has 1 saturated heterocycles. The van der Waals surface area contributed by atoms with Crippen LogP contribution in [-0.4, -0.2) is 12.2 Å². The first kappa shape index (κ1) is 6.78. The summed E-state index contributed by atoms with van der Waals surface area (Å²) >= 11 is 0. The third-order valence-electron chi connectivity index (χ3n) is 1.70. The van der Waals surface area contributed by atoms with Crippen molar-refractivity contribution in [1.82, 2.24) is 0 Å². The van der Waals surface area contributed by atoms with Gasteiger partial charge in [-0.3, -0.25) is 0 Å². The fourth-order valence-electron chi connectivity index (χ4n) is 0.874. The smallest absolute Gasteiger partial charge is 0.106 e. The van der Waals surface area contributed by atoms with Crippen LogP contribution < -0.4 is 0 Å². The molecule has 1 atom stereocenters. The molecule has 0 N–H and O–H groups in total. The molecular weight excluding hydrogens is 116 g/mol. The van der Waals surface area contributed by atoms with Crippen molar-refractivity contribution in [2.45, 2.75) is 19.4 Å². The monoisotopic (exact) mass is 128 g/mol. The molecular formula is C7H12O2. The molecule has 1 aliphatic heterocycles. The van der Waals surface area contributed by atoms with E-state index in [-0.39, 0.29) is 5.60 Å². The highest BCUT2D eigenvalue weighted by Crippen LogP contribution is 2.28. The second-order valence-corrected chi connectivity index (χ2v) is 2.81. The second kappa shape index (κ2) is 2.12. The van der Waals surface area contributed by atoms with Gasteiger partial charge in [-0.25, -0.2) is 9.78 Å². The minimum atomic E-state index is -0.179. The molecule has 1 heterocycles. The summed E-state index contributed by atoms with van der Waals surface area (Å²) < 4.78 is 0. The van der Waals surface area contributed by atoms with Gasteiger partial charge in [-0.2, -0.15) is 0 Å². The molecule has 1 rings (SSSR count). The fourth-order valence-corrected chi connectivity index (χ4v) is 0.874. The van der Waals surface area contributed by atoms with Crippen LogP contribution in [0.5, 0.6) is 0 Å². The average Bonchev–Trinajstić information content (AvgIpc) is 2.08. The van der Waals surface area contributed by atoms with Crippen LogP contribution in [0.3, 0.4) is 0 Å². The first-order valence-corrected chi connectivity index (χ1v) is 3.10. The van der Waals surface area contributed by atoms with Crippen molar-refractivity contribution < 1.29 is 9.78 Å². The van der Waals surface area contributed by atoms with Gasteiger partial charge in [0, 0.05) is 5.92 Å². The van der Waals surface area contributed by atoms with E-state index < -0.39 is 0 Å². The molecule has 0 aromatic carbocycles. The van der Waals surface area contributed by atoms with Crippen molar-refractivity contribution >= 4 is 0 Å². The topological polar surface area (TPSA) is 18.5 Å². The standard InChI is InChI=1S/C7H12O2/c1-4-6-5-8-9-7(6,2)3/h4,6H,1,5H2,2-3H3. The lowest BCUT2D eigenvalue weighted by atomic mass is 9.93. The predicted octanol–water partition coefficient (Wildman–Crippen LogP) is 1.53. The van der Waals surface area contributed by atoms with Crippen LogP contribution >= 0.6 is 0 Å². The number of hydrogen-bond acceptors (Lipinski definition) is 2. The van der Waals surface area contributed by atoms with E-state index in [1.807, 2.05) is 19.9 Å². The molecule has 1 unspecified atom stereocenters. The molecule has 0 bridgehead atoms. The van der Waals surface area contributed by atoms with E-state index in [9.17, 15) is 0 Å². The van der Waals surface area contributed by atoms with E-state index in [0.717, 1.165) is 0 Å². The number of hydrogen-bond donors (Lipinski definition) is 0. The minimum absolute atomic E-state index is 0.179. The molecule has 9 heavy (non-hydrogen) atoms. The molecule has 1 aliphatic rings. The summed E-state index contributed by atoms with van der Waals surface area (Å²) in [5, 5.41) is 0. The van der Waals surface area contributed by atoms with Gasteiger partial charge in [-0.1, -0.05) is 6.08 Å². The zero-order chi connectivity index (χ0) is 6.91. The summed E-state index contributed by atoms with van der Waals surface area (Å²) in [7, 11) is 0. The van der Waals surface area contributed by atoms with Crippen molar-refractivity contribution in [3.8, 4) is 0 Å². The van der Waals surface area contributed by atoms with E-state index in [1.54, 1.807) is 0 Å². The normalized spacial score (nSPS) is 32.4. The molecule has 0 saturated carbocycles. The Balaban J connectivity index is 2.62. The maximum Gasteiger partial charge on any atom is 0.106 e. The van der Waals surface area contributed by atoms with Crippen molar-refractivity contribution in [3.05, 3.63) is 12.7 Å². The van der Waals surface area contributed by atoms with E-state index in [2.05, 4.69) is 6.58 Å². The van der Waals surface area contributed by atoms with Gasteiger partial charge in [-0.05, 0) is 13.8 Å². The van der Waals surface area contributed by atoms with Crippen molar-refractivity contribution in [3.63, 3.8) is 0 Å². The molecule has 52 valence electrons. The van der Waals surface area contributed by atoms with Gasteiger partial charge in [0.25, 0.3) is 0 Å². The third-order valence-corrected chi connectivity index (χ3v) is 1.70. The maximum absolute atomic E-state index is 4.97. The maximum atomic E-state index is 4.97. The highest BCUT2D eigenvalue weighted by Gasteiger charge is 2.35. The Labute approximate surface area is 55.4 Å². The van der Waals surface area contributed by atoms with E-state index >= 15 is 0 Å². The Kier molecular flexibility index (Phi) is 1.60. The zero-order valence-electron chi connectivity index (χ0n) is 5.89. The molecule has 1 fully saturated rings. The summed E-state index contributed by atoms with van der Waals surface area (Å²) in [6, 6.07) is 0. The molecule has 0 spiro atoms. The van der Waals surface area contributed by atoms with Crippen LogP contribution in [0.4, 0.5) is 0 Å². The lowest BCUT2D eigenvalue weighted by molar-refractivity contribution is -0.300. The average molecular weight is 128 g/mol. The summed E-state index contributed by atoms with van der Waals surface area (Å²) in [5.41, 5.74) is -0.179. The molecule has 0 amide bonds. The molecule has 2 nitrogen and oxygen atoms in total. The Morgan fingerprint density at radius 1 is 1.67 bits per heavy atom. The van der Waals surface area contributed by atoms with Gasteiger partial charge >= 0.3 is 0 Å². The quantitative estimate of drug-likeness (QED) is 0.394. The summed E-state index contributed by atoms with van der Waals surface area (Å²) in [6.45, 7) is 8.30. The summed E-state index contributed by atoms with van der Waals surface area (Å²) in [4.78, 5) is 9.76. The van der Waals surface area contributed by atoms with Gasteiger partial charge < -0.3 is 0 Å². The van der Waals surface area contributed by atoms with Crippen molar-refractivity contribution in [2.24, 2.45) is 5.92 Å². The van der Waals surface area contributed by atoms with Crippen molar-refractivity contribution in [1.29, 1.82) is 0 Å². The summed E-state index contributed by atoms with van der Waals surface area (Å²) in [5.74, 6) is 0.331. The predicted molar refractivity (Wildman–Crippen MR) is 34.8 cm³/mol. The molecule has 0 aromatic rings. The Bertz CT molecular complexity index is 118. The molecule has 2 heteroatoms. The van der Waals surface area contributed by atoms with Crippen LogP contribution in [0.15, 0.2) is 12.7 Å². The van der Waals surface area contributed by atoms with Crippen LogP contribution in [0.1, 0.15) is 13.8 Å². The largest absolute Gasteiger partial charge is 0.235 e. The van der Waals surface area contributed by atoms with Gasteiger partial charge in [-0.15, -0.1) is 6.58 Å². The molecule has 0 aliphatic carbocycles. The highest BCUT2D eigenvalue weighted by atomic mass is 17.2. The minimum Gasteiger partial charge on any atom is -0.235 e. The Hall–Kier alpha value is -0.340. The first-order valence-electron chi connectivity index (χ1n) is 3.10. The highest BCUT2D eigenvalue weighted by molar-refractivity contribution is 4.92. The van der Waals surface area contributed by atoms with Gasteiger partial charge in [0.15, 0.2) is 0 Å². The lowest BCUT2D eigenvalue weighted by Crippen LogP contribution is -2.26. The molecule has 0 radical (unpaired) electrons. The first-order chi connectivity index (χ1) is 4.17. The van der Waals surface area contributed by atoms with Gasteiger partial charge in [0.05, 0.1) is 6.61 Å². The third kappa shape index (κ3) is 1.14. The van der Waals surface area contributed by atoms with E-state index in [0.29, 0.717) is 12.5 Å². The van der Waals surface area contributed by atoms with E-state index in [4.69, 9.17) is 9.78 Å². The summed E-state index contributed by atoms with van der Waals surface area (Å²) in [6.07, 6.45) is 1.87. The van der Waals surface area contributed by atoms with Gasteiger partial charge in [0.2, 0.25) is 0 Å². The fraction of sp³-hybridized carbons (Fsp3) is 0.714. The van der Waals surface area contributed by atoms with E-state index in [1.165, 1.54) is 0 Å². The van der Waals surface area contributed by atoms with Crippen LogP contribution in [0.2, 0.25) is 0 Å². The Morgan fingerprint density at radius 2 is 2.33 bits per heavy atom.